The van der Waals surface area contributed by atoms with Gasteiger partial charge in [-0.1, -0.05) is 18.2 Å². The number of hydrogen-bond acceptors (Lipinski definition) is 4. The van der Waals surface area contributed by atoms with Crippen LogP contribution in [-0.4, -0.2) is 23.7 Å². The number of Topliss-reactive ketones (excluding diaryl/α,β-unsaturated/α-hetero) is 1. The van der Waals surface area contributed by atoms with Crippen molar-refractivity contribution in [3.63, 3.8) is 0 Å². The van der Waals surface area contributed by atoms with Gasteiger partial charge >= 0.3 is 6.18 Å². The predicted molar refractivity (Wildman–Crippen MR) is 83.7 cm³/mol. The Balaban J connectivity index is 2.09. The van der Waals surface area contributed by atoms with Crippen LogP contribution in [0.5, 0.6) is 0 Å². The average Bonchev–Trinajstić information content (AvgIpc) is 2.56. The highest BCUT2D eigenvalue weighted by Crippen LogP contribution is 2.47. The fourth-order valence-electron chi connectivity index (χ4n) is 2.59. The SMILES string of the molecule is O=C1c2cccnc2N(CC(F)F)SC1c1ccccc1C(F)(F)F. The van der Waals surface area contributed by atoms with Crippen molar-refractivity contribution >= 4 is 23.5 Å². The minimum absolute atomic E-state index is 0.0314. The molecule has 0 N–H and O–H groups in total. The first-order valence-electron chi connectivity index (χ1n) is 7.17. The van der Waals surface area contributed by atoms with E-state index in [1.54, 1.807) is 0 Å². The molecule has 25 heavy (non-hydrogen) atoms. The summed E-state index contributed by atoms with van der Waals surface area (Å²) in [6.07, 6.45) is -6.04. The van der Waals surface area contributed by atoms with Crippen LogP contribution < -0.4 is 4.31 Å². The molecule has 1 aliphatic rings. The first kappa shape index (κ1) is 17.7. The molecule has 1 unspecified atom stereocenters. The number of hydrogen-bond donors (Lipinski definition) is 0. The fourth-order valence-corrected chi connectivity index (χ4v) is 3.83. The molecule has 1 aromatic carbocycles. The third-order valence-electron chi connectivity index (χ3n) is 3.61. The number of ketones is 1. The summed E-state index contributed by atoms with van der Waals surface area (Å²) in [5.41, 5.74) is -1.17. The summed E-state index contributed by atoms with van der Waals surface area (Å²) < 4.78 is 66.6. The minimum Gasteiger partial charge on any atom is -0.293 e. The van der Waals surface area contributed by atoms with E-state index < -0.39 is 35.7 Å². The highest BCUT2D eigenvalue weighted by molar-refractivity contribution is 8.01. The second-order valence-corrected chi connectivity index (χ2v) is 6.38. The molecule has 0 radical (unpaired) electrons. The molecule has 0 fully saturated rings. The maximum atomic E-state index is 13.3. The lowest BCUT2D eigenvalue weighted by atomic mass is 9.97. The number of pyridine rings is 1. The number of nitrogens with zero attached hydrogens (tertiary/aromatic N) is 2. The third kappa shape index (κ3) is 3.46. The molecule has 1 atom stereocenters. The van der Waals surface area contributed by atoms with Crippen LogP contribution in [0.3, 0.4) is 0 Å². The molecular formula is C16H11F5N2OS. The molecule has 2 heterocycles. The van der Waals surface area contributed by atoms with E-state index >= 15 is 0 Å². The number of rotatable bonds is 3. The van der Waals surface area contributed by atoms with Crippen molar-refractivity contribution in [3.8, 4) is 0 Å². The monoisotopic (exact) mass is 374 g/mol. The van der Waals surface area contributed by atoms with Crippen molar-refractivity contribution in [1.29, 1.82) is 0 Å². The zero-order valence-electron chi connectivity index (χ0n) is 12.5. The zero-order chi connectivity index (χ0) is 18.2. The molecule has 3 rings (SSSR count). The van der Waals surface area contributed by atoms with Gasteiger partial charge in [0, 0.05) is 6.20 Å². The zero-order valence-corrected chi connectivity index (χ0v) is 13.3. The van der Waals surface area contributed by atoms with Gasteiger partial charge in [-0.25, -0.2) is 13.8 Å². The molecule has 1 aromatic heterocycles. The van der Waals surface area contributed by atoms with Crippen LogP contribution in [0.4, 0.5) is 27.8 Å². The summed E-state index contributed by atoms with van der Waals surface area (Å²) in [6, 6.07) is 7.50. The van der Waals surface area contributed by atoms with Gasteiger partial charge in [0.1, 0.15) is 11.1 Å². The Bertz CT molecular complexity index is 796. The largest absolute Gasteiger partial charge is 0.416 e. The Morgan fingerprint density at radius 2 is 1.88 bits per heavy atom. The first-order valence-corrected chi connectivity index (χ1v) is 8.00. The van der Waals surface area contributed by atoms with E-state index in [0.717, 1.165) is 10.4 Å². The van der Waals surface area contributed by atoms with Crippen LogP contribution >= 0.6 is 11.9 Å². The number of fused-ring (bicyclic) bond motifs is 1. The molecule has 0 spiro atoms. The number of carbonyl (C=O) groups excluding carboxylic acids is 1. The molecule has 2 aromatic rings. The second-order valence-electron chi connectivity index (χ2n) is 5.26. The van der Waals surface area contributed by atoms with Gasteiger partial charge in [-0.05, 0) is 35.7 Å². The van der Waals surface area contributed by atoms with Gasteiger partial charge in [-0.15, -0.1) is 0 Å². The van der Waals surface area contributed by atoms with E-state index in [2.05, 4.69) is 4.98 Å². The van der Waals surface area contributed by atoms with Crippen LogP contribution in [-0.2, 0) is 6.18 Å². The summed E-state index contributed by atoms with van der Waals surface area (Å²) in [6.45, 7) is -0.743. The van der Waals surface area contributed by atoms with E-state index in [1.165, 1.54) is 36.5 Å². The average molecular weight is 374 g/mol. The summed E-state index contributed by atoms with van der Waals surface area (Å²) >= 11 is 0.635. The predicted octanol–water partition coefficient (Wildman–Crippen LogP) is 4.76. The van der Waals surface area contributed by atoms with Crippen molar-refractivity contribution in [2.75, 3.05) is 10.8 Å². The van der Waals surface area contributed by atoms with Crippen molar-refractivity contribution < 1.29 is 26.7 Å². The smallest absolute Gasteiger partial charge is 0.293 e. The van der Waals surface area contributed by atoms with E-state index in [1.807, 2.05) is 0 Å². The molecule has 1 aliphatic heterocycles. The number of carbonyl (C=O) groups is 1. The summed E-state index contributed by atoms with van der Waals surface area (Å²) in [5, 5.41) is -1.27. The fraction of sp³-hybridized carbons (Fsp3) is 0.250. The van der Waals surface area contributed by atoms with Gasteiger partial charge in [-0.2, -0.15) is 13.2 Å². The molecule has 0 amide bonds. The van der Waals surface area contributed by atoms with E-state index in [-0.39, 0.29) is 16.9 Å². The number of halogens is 5. The Morgan fingerprint density at radius 1 is 1.16 bits per heavy atom. The lowest BCUT2D eigenvalue weighted by Gasteiger charge is -2.33. The highest BCUT2D eigenvalue weighted by Gasteiger charge is 2.41. The van der Waals surface area contributed by atoms with E-state index in [4.69, 9.17) is 0 Å². The van der Waals surface area contributed by atoms with Crippen LogP contribution in [0.25, 0.3) is 0 Å². The molecule has 0 aliphatic carbocycles. The van der Waals surface area contributed by atoms with Crippen molar-refractivity contribution in [1.82, 2.24) is 4.98 Å². The van der Waals surface area contributed by atoms with Gasteiger partial charge < -0.3 is 0 Å². The molecule has 9 heteroatoms. The standard InChI is InChI=1S/C16H11F5N2OS/c17-12(18)8-23-15-10(5-3-7-22-15)13(24)14(25-23)9-4-1-2-6-11(9)16(19,20)21/h1-7,12,14H,8H2. The van der Waals surface area contributed by atoms with Crippen molar-refractivity contribution in [2.45, 2.75) is 17.9 Å². The molecular weight excluding hydrogens is 363 g/mol. The summed E-state index contributed by atoms with van der Waals surface area (Å²) in [7, 11) is 0. The van der Waals surface area contributed by atoms with Gasteiger partial charge in [0.25, 0.3) is 6.43 Å². The van der Waals surface area contributed by atoms with Crippen molar-refractivity contribution in [3.05, 3.63) is 59.3 Å². The van der Waals surface area contributed by atoms with Gasteiger partial charge in [0.15, 0.2) is 5.78 Å². The number of alkyl halides is 5. The van der Waals surface area contributed by atoms with Crippen LogP contribution in [0.1, 0.15) is 26.7 Å². The number of anilines is 1. The van der Waals surface area contributed by atoms with Crippen LogP contribution in [0, 0.1) is 0 Å². The topological polar surface area (TPSA) is 33.2 Å². The normalized spacial score (nSPS) is 17.8. The Morgan fingerprint density at radius 3 is 2.56 bits per heavy atom. The van der Waals surface area contributed by atoms with E-state index in [0.29, 0.717) is 11.9 Å². The van der Waals surface area contributed by atoms with Crippen LogP contribution in [0.2, 0.25) is 0 Å². The second kappa shape index (κ2) is 6.62. The van der Waals surface area contributed by atoms with Gasteiger partial charge in [0.05, 0.1) is 17.7 Å². The Hall–Kier alpha value is -2.16. The highest BCUT2D eigenvalue weighted by atomic mass is 32.2. The first-order chi connectivity index (χ1) is 11.8. The maximum Gasteiger partial charge on any atom is 0.416 e. The lowest BCUT2D eigenvalue weighted by molar-refractivity contribution is -0.138. The molecule has 3 nitrogen and oxygen atoms in total. The quantitative estimate of drug-likeness (QED) is 0.573. The van der Waals surface area contributed by atoms with Gasteiger partial charge in [0.2, 0.25) is 0 Å². The molecule has 0 bridgehead atoms. The van der Waals surface area contributed by atoms with Crippen LogP contribution in [0.15, 0.2) is 42.6 Å². The minimum atomic E-state index is -4.65. The Kier molecular flexibility index (Phi) is 4.68. The van der Waals surface area contributed by atoms with Crippen molar-refractivity contribution in [2.24, 2.45) is 0 Å². The summed E-state index contributed by atoms with van der Waals surface area (Å²) in [5.74, 6) is -0.547. The van der Waals surface area contributed by atoms with E-state index in [9.17, 15) is 26.7 Å². The molecule has 0 saturated carbocycles. The third-order valence-corrected chi connectivity index (χ3v) is 4.87. The molecule has 0 saturated heterocycles. The molecule has 132 valence electrons. The number of benzene rings is 1. The Labute approximate surface area is 144 Å². The maximum absolute atomic E-state index is 13.3. The number of aromatic nitrogens is 1. The lowest BCUT2D eigenvalue weighted by Crippen LogP contribution is -2.32. The summed E-state index contributed by atoms with van der Waals surface area (Å²) in [4.78, 5) is 16.6. The van der Waals surface area contributed by atoms with Gasteiger partial charge in [-0.3, -0.25) is 9.10 Å².